The molecule has 0 aliphatic carbocycles. The molecule has 0 aliphatic rings. The molecule has 20 heavy (non-hydrogen) atoms. The molecule has 0 saturated heterocycles. The Morgan fingerprint density at radius 3 is 2.45 bits per heavy atom. The van der Waals surface area contributed by atoms with Crippen molar-refractivity contribution in [1.82, 2.24) is 9.55 Å². The first-order valence-electron chi connectivity index (χ1n) is 5.52. The van der Waals surface area contributed by atoms with Crippen molar-refractivity contribution < 1.29 is 13.2 Å². The minimum absolute atomic E-state index is 0.159. The molecule has 0 spiro atoms. The number of nitrogens with zero attached hydrogens (tertiary/aromatic N) is 1. The van der Waals surface area contributed by atoms with Crippen LogP contribution in [0.2, 0.25) is 5.02 Å². The fourth-order valence-electron chi connectivity index (χ4n) is 2.00. The second kappa shape index (κ2) is 4.64. The van der Waals surface area contributed by atoms with Crippen molar-refractivity contribution in [3.63, 3.8) is 0 Å². The van der Waals surface area contributed by atoms with Crippen molar-refractivity contribution in [2.75, 3.05) is 0 Å². The predicted octanol–water partition coefficient (Wildman–Crippen LogP) is 4.76. The molecule has 102 valence electrons. The Labute approximate surface area is 121 Å². The van der Waals surface area contributed by atoms with Crippen molar-refractivity contribution in [2.24, 2.45) is 0 Å². The van der Waals surface area contributed by atoms with Gasteiger partial charge < -0.3 is 4.98 Å². The van der Waals surface area contributed by atoms with Crippen molar-refractivity contribution in [3.8, 4) is 5.69 Å². The number of nitrogens with one attached hydrogen (secondary N) is 1. The van der Waals surface area contributed by atoms with Crippen molar-refractivity contribution in [2.45, 2.75) is 0 Å². The third-order valence-corrected chi connectivity index (χ3v) is 3.40. The van der Waals surface area contributed by atoms with Gasteiger partial charge in [0.25, 0.3) is 0 Å². The van der Waals surface area contributed by atoms with E-state index in [1.54, 1.807) is 18.2 Å². The zero-order valence-corrected chi connectivity index (χ0v) is 11.3. The monoisotopic (exact) mass is 314 g/mol. The van der Waals surface area contributed by atoms with Gasteiger partial charge >= 0.3 is 0 Å². The van der Waals surface area contributed by atoms with Gasteiger partial charge in [0.05, 0.1) is 16.7 Å². The third-order valence-electron chi connectivity index (χ3n) is 2.88. The number of imidazole rings is 1. The average Bonchev–Trinajstić information content (AvgIpc) is 2.69. The number of aromatic nitrogens is 2. The number of halogens is 4. The Kier molecular flexibility index (Phi) is 3.07. The van der Waals surface area contributed by atoms with Crippen LogP contribution in [0.1, 0.15) is 0 Å². The van der Waals surface area contributed by atoms with Crippen molar-refractivity contribution in [1.29, 1.82) is 0 Å². The fourth-order valence-corrected chi connectivity index (χ4v) is 2.47. The molecule has 0 bridgehead atoms. The van der Waals surface area contributed by atoms with Gasteiger partial charge in [-0.3, -0.25) is 4.57 Å². The summed E-state index contributed by atoms with van der Waals surface area (Å²) in [7, 11) is 0. The van der Waals surface area contributed by atoms with E-state index in [-0.39, 0.29) is 10.5 Å². The molecule has 1 N–H and O–H groups in total. The van der Waals surface area contributed by atoms with Crippen molar-refractivity contribution in [3.05, 3.63) is 57.6 Å². The molecule has 0 radical (unpaired) electrons. The summed E-state index contributed by atoms with van der Waals surface area (Å²) in [4.78, 5) is 2.85. The molecule has 0 atom stereocenters. The van der Waals surface area contributed by atoms with E-state index in [1.165, 1.54) is 4.57 Å². The van der Waals surface area contributed by atoms with Crippen LogP contribution in [0, 0.1) is 22.2 Å². The second-order valence-corrected chi connectivity index (χ2v) is 4.97. The minimum Gasteiger partial charge on any atom is -0.330 e. The summed E-state index contributed by atoms with van der Waals surface area (Å²) in [5, 5.41) is 0.420. The highest BCUT2D eigenvalue weighted by atomic mass is 35.5. The predicted molar refractivity (Wildman–Crippen MR) is 73.3 cm³/mol. The van der Waals surface area contributed by atoms with E-state index in [2.05, 4.69) is 4.98 Å². The Bertz CT molecular complexity index is 885. The normalized spacial score (nSPS) is 11.2. The second-order valence-electron chi connectivity index (χ2n) is 4.14. The first-order chi connectivity index (χ1) is 9.47. The maximum absolute atomic E-state index is 13.9. The van der Waals surface area contributed by atoms with Gasteiger partial charge in [0, 0.05) is 17.2 Å². The van der Waals surface area contributed by atoms with E-state index in [0.29, 0.717) is 22.1 Å². The first kappa shape index (κ1) is 13.2. The summed E-state index contributed by atoms with van der Waals surface area (Å²) in [6, 6.07) is 6.11. The highest BCUT2D eigenvalue weighted by Crippen LogP contribution is 2.25. The number of rotatable bonds is 1. The van der Waals surface area contributed by atoms with Crippen LogP contribution in [0.25, 0.3) is 16.7 Å². The van der Waals surface area contributed by atoms with Gasteiger partial charge in [-0.2, -0.15) is 0 Å². The standard InChI is InChI=1S/C13H6ClF3N2S/c14-6-1-2-10-12(3-6)19(13(20)18-10)11-5-8(16)7(15)4-9(11)17/h1-5H,(H,18,20). The minimum atomic E-state index is -1.25. The number of H-pyrrole nitrogens is 1. The molecule has 2 nitrogen and oxygen atoms in total. The Hall–Kier alpha value is -1.79. The van der Waals surface area contributed by atoms with Crippen LogP contribution in [0.4, 0.5) is 13.2 Å². The number of hydrogen-bond donors (Lipinski definition) is 1. The van der Waals surface area contributed by atoms with Gasteiger partial charge in [0.1, 0.15) is 5.82 Å². The van der Waals surface area contributed by atoms with Gasteiger partial charge in [0.15, 0.2) is 16.4 Å². The molecule has 3 aromatic rings. The zero-order valence-electron chi connectivity index (χ0n) is 9.75. The topological polar surface area (TPSA) is 20.7 Å². The highest BCUT2D eigenvalue weighted by Gasteiger charge is 2.15. The number of hydrogen-bond acceptors (Lipinski definition) is 1. The molecular weight excluding hydrogens is 309 g/mol. The summed E-state index contributed by atoms with van der Waals surface area (Å²) in [6.45, 7) is 0. The average molecular weight is 315 g/mol. The van der Waals surface area contributed by atoms with Crippen LogP contribution in [0.5, 0.6) is 0 Å². The molecule has 0 amide bonds. The molecule has 0 aliphatic heterocycles. The Morgan fingerprint density at radius 1 is 1.00 bits per heavy atom. The van der Waals surface area contributed by atoms with Gasteiger partial charge in [0.2, 0.25) is 0 Å². The quantitative estimate of drug-likeness (QED) is 0.507. The Balaban J connectivity index is 2.40. The number of benzene rings is 2. The lowest BCUT2D eigenvalue weighted by atomic mass is 10.2. The summed E-state index contributed by atoms with van der Waals surface area (Å²) in [5.41, 5.74) is 0.915. The maximum atomic E-state index is 13.9. The molecule has 1 heterocycles. The molecule has 0 unspecified atom stereocenters. The maximum Gasteiger partial charge on any atom is 0.182 e. The van der Waals surface area contributed by atoms with E-state index in [0.717, 1.165) is 6.07 Å². The lowest BCUT2D eigenvalue weighted by Crippen LogP contribution is -2.00. The summed E-state index contributed by atoms with van der Waals surface area (Å²) in [6.07, 6.45) is 0. The van der Waals surface area contributed by atoms with E-state index in [9.17, 15) is 13.2 Å². The van der Waals surface area contributed by atoms with E-state index >= 15 is 0 Å². The molecular formula is C13H6ClF3N2S. The molecule has 2 aromatic carbocycles. The lowest BCUT2D eigenvalue weighted by molar-refractivity contribution is 0.493. The van der Waals surface area contributed by atoms with Crippen LogP contribution in [0.3, 0.4) is 0 Å². The van der Waals surface area contributed by atoms with E-state index in [1.807, 2.05) is 0 Å². The van der Waals surface area contributed by atoms with E-state index < -0.39 is 17.5 Å². The van der Waals surface area contributed by atoms with Gasteiger partial charge in [-0.15, -0.1) is 0 Å². The smallest absolute Gasteiger partial charge is 0.182 e. The molecule has 0 saturated carbocycles. The number of fused-ring (bicyclic) bond motifs is 1. The van der Waals surface area contributed by atoms with Gasteiger partial charge in [-0.05, 0) is 30.4 Å². The summed E-state index contributed by atoms with van der Waals surface area (Å²) in [5.74, 6) is -3.32. The van der Waals surface area contributed by atoms with Crippen molar-refractivity contribution >= 4 is 34.9 Å². The fraction of sp³-hybridized carbons (Fsp3) is 0. The zero-order chi connectivity index (χ0) is 14.4. The van der Waals surface area contributed by atoms with Gasteiger partial charge in [-0.25, -0.2) is 13.2 Å². The largest absolute Gasteiger partial charge is 0.330 e. The van der Waals surface area contributed by atoms with E-state index in [4.69, 9.17) is 23.8 Å². The molecule has 3 rings (SSSR count). The van der Waals surface area contributed by atoms with Crippen LogP contribution in [-0.2, 0) is 0 Å². The Morgan fingerprint density at radius 2 is 1.70 bits per heavy atom. The SMILES string of the molecule is Fc1cc(F)c(-n2c(=S)[nH]c3ccc(Cl)cc32)cc1F. The van der Waals surface area contributed by atoms with Gasteiger partial charge in [-0.1, -0.05) is 11.6 Å². The molecule has 1 aromatic heterocycles. The summed E-state index contributed by atoms with van der Waals surface area (Å²) < 4.78 is 41.7. The highest BCUT2D eigenvalue weighted by molar-refractivity contribution is 7.71. The first-order valence-corrected chi connectivity index (χ1v) is 6.31. The lowest BCUT2D eigenvalue weighted by Gasteiger charge is -2.07. The van der Waals surface area contributed by atoms with Crippen LogP contribution < -0.4 is 0 Å². The molecule has 0 fully saturated rings. The number of aromatic amines is 1. The third kappa shape index (κ3) is 2.01. The summed E-state index contributed by atoms with van der Waals surface area (Å²) >= 11 is 11.0. The van der Waals surface area contributed by atoms with Crippen LogP contribution >= 0.6 is 23.8 Å². The van der Waals surface area contributed by atoms with Crippen LogP contribution in [0.15, 0.2) is 30.3 Å². The molecule has 7 heteroatoms. The van der Waals surface area contributed by atoms with Crippen LogP contribution in [-0.4, -0.2) is 9.55 Å².